The minimum absolute atomic E-state index is 0.0450. The second-order valence-electron chi connectivity index (χ2n) is 6.60. The molecule has 1 aliphatic rings. The second-order valence-corrected chi connectivity index (χ2v) is 6.60. The first-order valence-electron chi connectivity index (χ1n) is 8.93. The first kappa shape index (κ1) is 19.1. The van der Waals surface area contributed by atoms with E-state index in [0.717, 1.165) is 4.90 Å². The average Bonchev–Trinajstić information content (AvgIpc) is 3.03. The predicted octanol–water partition coefficient (Wildman–Crippen LogP) is 2.09. The Morgan fingerprint density at radius 3 is 1.93 bits per heavy atom. The number of carboxylic acid groups (broad SMARTS) is 1. The Morgan fingerprint density at radius 2 is 1.33 bits per heavy atom. The molecule has 1 aliphatic heterocycles. The molecule has 148 valence electrons. The van der Waals surface area contributed by atoms with Crippen LogP contribution in [0.15, 0.2) is 66.7 Å². The summed E-state index contributed by atoms with van der Waals surface area (Å²) in [6.45, 7) is 0. The number of carbonyl (C=O) groups excluding carboxylic acids is 4. The van der Waals surface area contributed by atoms with E-state index in [0.29, 0.717) is 11.4 Å². The van der Waals surface area contributed by atoms with E-state index in [-0.39, 0.29) is 27.8 Å². The number of imide groups is 1. The van der Waals surface area contributed by atoms with Crippen molar-refractivity contribution in [1.29, 1.82) is 0 Å². The number of carboxylic acids is 1. The summed E-state index contributed by atoms with van der Waals surface area (Å²) in [4.78, 5) is 50.3. The molecule has 2 amide bonds. The summed E-state index contributed by atoms with van der Waals surface area (Å²) in [5.41, 5.74) is 1.16. The van der Waals surface area contributed by atoms with Crippen LogP contribution in [0.4, 0.5) is 5.69 Å². The summed E-state index contributed by atoms with van der Waals surface area (Å²) in [5, 5.41) is 10.9. The fourth-order valence-electron chi connectivity index (χ4n) is 3.27. The highest BCUT2D eigenvalue weighted by Crippen LogP contribution is 2.30. The number of anilines is 1. The van der Waals surface area contributed by atoms with Gasteiger partial charge in [-0.15, -0.1) is 0 Å². The van der Waals surface area contributed by atoms with E-state index >= 15 is 0 Å². The topological polar surface area (TPSA) is 104 Å². The highest BCUT2D eigenvalue weighted by molar-refractivity contribution is 6.34. The van der Waals surface area contributed by atoms with Crippen LogP contribution in [0.25, 0.3) is 0 Å². The van der Waals surface area contributed by atoms with Crippen LogP contribution in [-0.4, -0.2) is 30.7 Å². The minimum atomic E-state index is -1.34. The van der Waals surface area contributed by atoms with E-state index in [4.69, 9.17) is 4.74 Å². The molecule has 0 saturated heterocycles. The fraction of sp³-hybridized carbons (Fsp3) is 0.0435. The van der Waals surface area contributed by atoms with Crippen molar-refractivity contribution >= 4 is 29.3 Å². The van der Waals surface area contributed by atoms with Crippen LogP contribution in [-0.2, 0) is 0 Å². The molecular formula is C23H14NO6-. The Labute approximate surface area is 171 Å². The highest BCUT2D eigenvalue weighted by Gasteiger charge is 2.37. The van der Waals surface area contributed by atoms with Gasteiger partial charge in [-0.1, -0.05) is 30.3 Å². The van der Waals surface area contributed by atoms with Crippen LogP contribution in [0, 0.1) is 0 Å². The number of nitrogens with zero attached hydrogens (tertiary/aromatic N) is 1. The number of rotatable bonds is 5. The van der Waals surface area contributed by atoms with Gasteiger partial charge in [0, 0.05) is 11.1 Å². The molecule has 3 aromatic carbocycles. The van der Waals surface area contributed by atoms with Crippen molar-refractivity contribution in [2.75, 3.05) is 12.0 Å². The van der Waals surface area contributed by atoms with Crippen LogP contribution in [0.1, 0.15) is 47.0 Å². The van der Waals surface area contributed by atoms with Crippen LogP contribution >= 0.6 is 0 Å². The summed E-state index contributed by atoms with van der Waals surface area (Å²) >= 11 is 0. The zero-order valence-corrected chi connectivity index (χ0v) is 15.7. The van der Waals surface area contributed by atoms with E-state index in [9.17, 15) is 24.3 Å². The van der Waals surface area contributed by atoms with Crippen LogP contribution in [0.2, 0.25) is 0 Å². The Bertz CT molecular complexity index is 1200. The number of carbonyl (C=O) groups is 4. The summed E-state index contributed by atoms with van der Waals surface area (Å²) in [7, 11) is 1.52. The van der Waals surface area contributed by atoms with E-state index < -0.39 is 23.6 Å². The molecule has 1 heterocycles. The Balaban J connectivity index is 1.65. The largest absolute Gasteiger partial charge is 0.545 e. The number of ketones is 1. The third-order valence-corrected chi connectivity index (χ3v) is 4.86. The molecule has 0 unspecified atom stereocenters. The average molecular weight is 400 g/mol. The SMILES string of the molecule is COc1ccc(N2C(=O)c3ccc(C(=O)c4ccc(C(=O)[O-])cc4)cc3C2=O)cc1. The molecule has 0 saturated carbocycles. The lowest BCUT2D eigenvalue weighted by atomic mass is 9.98. The van der Waals surface area contributed by atoms with Crippen molar-refractivity contribution in [3.05, 3.63) is 94.5 Å². The normalized spacial score (nSPS) is 12.6. The van der Waals surface area contributed by atoms with Gasteiger partial charge in [0.15, 0.2) is 5.78 Å². The number of aromatic carboxylic acids is 1. The molecule has 0 N–H and O–H groups in total. The number of hydrogen-bond donors (Lipinski definition) is 0. The maximum absolute atomic E-state index is 12.9. The van der Waals surface area contributed by atoms with Crippen LogP contribution in [0.3, 0.4) is 0 Å². The summed E-state index contributed by atoms with van der Waals surface area (Å²) in [6.07, 6.45) is 0. The molecule has 30 heavy (non-hydrogen) atoms. The van der Waals surface area contributed by atoms with Crippen molar-refractivity contribution in [3.63, 3.8) is 0 Å². The molecule has 4 rings (SSSR count). The lowest BCUT2D eigenvalue weighted by Gasteiger charge is -2.14. The number of hydrogen-bond acceptors (Lipinski definition) is 6. The zero-order chi connectivity index (χ0) is 21.4. The van der Waals surface area contributed by atoms with E-state index in [1.165, 1.54) is 49.6 Å². The van der Waals surface area contributed by atoms with Gasteiger partial charge in [0.1, 0.15) is 5.75 Å². The van der Waals surface area contributed by atoms with Gasteiger partial charge in [-0.2, -0.15) is 0 Å². The van der Waals surface area contributed by atoms with Crippen molar-refractivity contribution in [1.82, 2.24) is 0 Å². The maximum Gasteiger partial charge on any atom is 0.266 e. The molecule has 7 heteroatoms. The standard InChI is InChI=1S/C23H15NO6/c1-30-17-9-7-16(8-10-17)24-21(26)18-11-6-15(12-19(18)22(24)27)20(25)13-2-4-14(5-3-13)23(28)29/h2-12H,1H3,(H,28,29)/p-1. The van der Waals surface area contributed by atoms with Crippen LogP contribution in [0.5, 0.6) is 5.75 Å². The number of fused-ring (bicyclic) bond motifs is 1. The van der Waals surface area contributed by atoms with Gasteiger partial charge in [-0.05, 0) is 42.0 Å². The fourth-order valence-corrected chi connectivity index (χ4v) is 3.27. The van der Waals surface area contributed by atoms with Crippen molar-refractivity contribution in [2.45, 2.75) is 0 Å². The molecule has 0 fully saturated rings. The quantitative estimate of drug-likeness (QED) is 0.480. The van der Waals surface area contributed by atoms with Gasteiger partial charge < -0.3 is 14.6 Å². The molecular weight excluding hydrogens is 386 g/mol. The zero-order valence-electron chi connectivity index (χ0n) is 15.7. The molecule has 0 atom stereocenters. The predicted molar refractivity (Wildman–Crippen MR) is 105 cm³/mol. The highest BCUT2D eigenvalue weighted by atomic mass is 16.5. The number of methoxy groups -OCH3 is 1. The molecule has 0 aromatic heterocycles. The third kappa shape index (κ3) is 3.12. The van der Waals surface area contributed by atoms with Crippen molar-refractivity contribution in [2.24, 2.45) is 0 Å². The molecule has 7 nitrogen and oxygen atoms in total. The van der Waals surface area contributed by atoms with Gasteiger partial charge >= 0.3 is 0 Å². The lowest BCUT2D eigenvalue weighted by molar-refractivity contribution is -0.255. The summed E-state index contributed by atoms with van der Waals surface area (Å²) < 4.78 is 5.09. The number of benzene rings is 3. The molecule has 0 spiro atoms. The third-order valence-electron chi connectivity index (χ3n) is 4.86. The monoisotopic (exact) mass is 400 g/mol. The van der Waals surface area contributed by atoms with Gasteiger partial charge in [0.05, 0.1) is 29.9 Å². The van der Waals surface area contributed by atoms with Gasteiger partial charge in [0.25, 0.3) is 11.8 Å². The van der Waals surface area contributed by atoms with E-state index in [2.05, 4.69) is 0 Å². The first-order chi connectivity index (χ1) is 14.4. The molecule has 3 aromatic rings. The van der Waals surface area contributed by atoms with Gasteiger partial charge in [-0.25, -0.2) is 4.90 Å². The Hall–Kier alpha value is -4.26. The van der Waals surface area contributed by atoms with E-state index in [1.54, 1.807) is 24.3 Å². The molecule has 0 bridgehead atoms. The molecule has 0 radical (unpaired) electrons. The Kier molecular flexibility index (Phi) is 4.63. The smallest absolute Gasteiger partial charge is 0.266 e. The van der Waals surface area contributed by atoms with Crippen molar-refractivity contribution in [3.8, 4) is 5.75 Å². The maximum atomic E-state index is 12.9. The van der Waals surface area contributed by atoms with Gasteiger partial charge in [0.2, 0.25) is 0 Å². The number of ether oxygens (including phenoxy) is 1. The lowest BCUT2D eigenvalue weighted by Crippen LogP contribution is -2.29. The minimum Gasteiger partial charge on any atom is -0.545 e. The van der Waals surface area contributed by atoms with E-state index in [1.807, 2.05) is 0 Å². The number of amides is 2. The van der Waals surface area contributed by atoms with Gasteiger partial charge in [-0.3, -0.25) is 14.4 Å². The first-order valence-corrected chi connectivity index (χ1v) is 8.93. The Morgan fingerprint density at radius 1 is 0.767 bits per heavy atom. The molecule has 0 aliphatic carbocycles. The second kappa shape index (κ2) is 7.29. The summed E-state index contributed by atoms with van der Waals surface area (Å²) in [5.74, 6) is -2.15. The summed E-state index contributed by atoms with van der Waals surface area (Å²) in [6, 6.07) is 16.1. The van der Waals surface area contributed by atoms with Crippen LogP contribution < -0.4 is 14.7 Å². The van der Waals surface area contributed by atoms with Crippen molar-refractivity contribution < 1.29 is 29.0 Å².